The Hall–Kier alpha value is -3.82. The molecule has 0 aliphatic rings. The van der Waals surface area contributed by atoms with Crippen molar-refractivity contribution in [2.75, 3.05) is 30.6 Å². The van der Waals surface area contributed by atoms with E-state index >= 15 is 0 Å². The van der Waals surface area contributed by atoms with Crippen molar-refractivity contribution in [3.8, 4) is 22.8 Å². The minimum atomic E-state index is -0.349. The number of carbonyl (C=O) groups excluding carboxylic acids is 2. The molecule has 184 valence electrons. The normalized spacial score (nSPS) is 10.5. The predicted octanol–water partition coefficient (Wildman–Crippen LogP) is 6.12. The van der Waals surface area contributed by atoms with Crippen LogP contribution in [0.3, 0.4) is 0 Å². The Bertz CT molecular complexity index is 1350. The smallest absolute Gasteiger partial charge is 0.263 e. The van der Waals surface area contributed by atoms with E-state index in [0.717, 1.165) is 21.0 Å². The van der Waals surface area contributed by atoms with Crippen LogP contribution in [-0.2, 0) is 4.79 Å². The molecular weight excluding hydrogens is 494 g/mol. The van der Waals surface area contributed by atoms with Gasteiger partial charge in [-0.1, -0.05) is 42.5 Å². The first kappa shape index (κ1) is 25.3. The van der Waals surface area contributed by atoms with Gasteiger partial charge in [-0.25, -0.2) is 4.98 Å². The zero-order valence-electron chi connectivity index (χ0n) is 20.0. The molecule has 4 rings (SSSR count). The largest absolute Gasteiger partial charge is 0.496 e. The highest BCUT2D eigenvalue weighted by atomic mass is 32.2. The summed E-state index contributed by atoms with van der Waals surface area (Å²) >= 11 is 2.82. The number of ether oxygens (including phenoxy) is 2. The molecule has 0 atom stereocenters. The number of hydrogen-bond acceptors (Lipinski definition) is 7. The number of aromatic nitrogens is 1. The molecule has 36 heavy (non-hydrogen) atoms. The van der Waals surface area contributed by atoms with Crippen LogP contribution in [0.4, 0.5) is 10.8 Å². The quantitative estimate of drug-likeness (QED) is 0.259. The molecule has 0 aliphatic heterocycles. The van der Waals surface area contributed by atoms with Crippen molar-refractivity contribution in [1.29, 1.82) is 0 Å². The molecule has 2 N–H and O–H groups in total. The van der Waals surface area contributed by atoms with E-state index in [4.69, 9.17) is 9.47 Å². The van der Waals surface area contributed by atoms with Gasteiger partial charge in [0, 0.05) is 21.0 Å². The maximum atomic E-state index is 12.9. The fourth-order valence-corrected chi connectivity index (χ4v) is 5.16. The van der Waals surface area contributed by atoms with Crippen LogP contribution in [0.25, 0.3) is 11.3 Å². The SMILES string of the molecule is COc1cccc(OC)c1C(=O)Nc1cccc(SCC(=O)Nc2nc(-c3ccccc3)c(C)s2)c1. The van der Waals surface area contributed by atoms with Gasteiger partial charge in [0.1, 0.15) is 17.1 Å². The lowest BCUT2D eigenvalue weighted by molar-refractivity contribution is -0.113. The molecule has 9 heteroatoms. The Kier molecular flexibility index (Phi) is 8.24. The number of benzene rings is 3. The lowest BCUT2D eigenvalue weighted by atomic mass is 10.1. The third kappa shape index (κ3) is 6.05. The fourth-order valence-electron chi connectivity index (χ4n) is 3.55. The lowest BCUT2D eigenvalue weighted by Crippen LogP contribution is -2.15. The third-order valence-electron chi connectivity index (χ3n) is 5.21. The Labute approximate surface area is 217 Å². The monoisotopic (exact) mass is 519 g/mol. The third-order valence-corrected chi connectivity index (χ3v) is 7.09. The van der Waals surface area contributed by atoms with E-state index in [1.54, 1.807) is 24.3 Å². The Morgan fingerprint density at radius 2 is 1.61 bits per heavy atom. The summed E-state index contributed by atoms with van der Waals surface area (Å²) in [6.07, 6.45) is 0. The summed E-state index contributed by atoms with van der Waals surface area (Å²) in [5.41, 5.74) is 2.80. The van der Waals surface area contributed by atoms with E-state index < -0.39 is 0 Å². The van der Waals surface area contributed by atoms with Crippen molar-refractivity contribution in [2.24, 2.45) is 0 Å². The molecule has 7 nitrogen and oxygen atoms in total. The van der Waals surface area contributed by atoms with Crippen LogP contribution in [0.2, 0.25) is 0 Å². The van der Waals surface area contributed by atoms with E-state index in [0.29, 0.717) is 27.9 Å². The van der Waals surface area contributed by atoms with Gasteiger partial charge in [0.2, 0.25) is 5.91 Å². The van der Waals surface area contributed by atoms with Crippen molar-refractivity contribution >= 4 is 45.7 Å². The number of rotatable bonds is 9. The Balaban J connectivity index is 1.38. The molecule has 0 bridgehead atoms. The molecule has 0 saturated heterocycles. The van der Waals surface area contributed by atoms with Crippen molar-refractivity contribution < 1.29 is 19.1 Å². The molecular formula is C27H25N3O4S2. The molecule has 0 saturated carbocycles. The van der Waals surface area contributed by atoms with Gasteiger partial charge < -0.3 is 20.1 Å². The number of amides is 2. The van der Waals surface area contributed by atoms with Crippen LogP contribution in [-0.4, -0.2) is 36.8 Å². The van der Waals surface area contributed by atoms with E-state index in [-0.39, 0.29) is 17.6 Å². The van der Waals surface area contributed by atoms with Gasteiger partial charge in [-0.3, -0.25) is 9.59 Å². The van der Waals surface area contributed by atoms with Crippen LogP contribution in [0.5, 0.6) is 11.5 Å². The minimum absolute atomic E-state index is 0.151. The summed E-state index contributed by atoms with van der Waals surface area (Å²) in [7, 11) is 3.01. The number of aryl methyl sites for hydroxylation is 1. The molecule has 0 aliphatic carbocycles. The van der Waals surface area contributed by atoms with E-state index in [2.05, 4.69) is 15.6 Å². The van der Waals surface area contributed by atoms with Gasteiger partial charge in [-0.15, -0.1) is 23.1 Å². The molecule has 2 amide bonds. The number of thioether (sulfide) groups is 1. The van der Waals surface area contributed by atoms with Gasteiger partial charge >= 0.3 is 0 Å². The minimum Gasteiger partial charge on any atom is -0.496 e. The number of methoxy groups -OCH3 is 2. The maximum absolute atomic E-state index is 12.9. The fraction of sp³-hybridized carbons (Fsp3) is 0.148. The van der Waals surface area contributed by atoms with Crippen LogP contribution in [0.1, 0.15) is 15.2 Å². The molecule has 3 aromatic carbocycles. The van der Waals surface area contributed by atoms with Crippen molar-refractivity contribution in [2.45, 2.75) is 11.8 Å². The number of hydrogen-bond donors (Lipinski definition) is 2. The van der Waals surface area contributed by atoms with E-state index in [1.807, 2.05) is 55.5 Å². The summed E-state index contributed by atoms with van der Waals surface area (Å²) in [5.74, 6) is 0.541. The van der Waals surface area contributed by atoms with Gasteiger partial charge in [0.25, 0.3) is 5.91 Å². The zero-order chi connectivity index (χ0) is 25.5. The van der Waals surface area contributed by atoms with Crippen molar-refractivity contribution in [1.82, 2.24) is 4.98 Å². The van der Waals surface area contributed by atoms with E-state index in [1.165, 1.54) is 37.3 Å². The zero-order valence-corrected chi connectivity index (χ0v) is 21.7. The number of thiazole rings is 1. The second-order valence-electron chi connectivity index (χ2n) is 7.65. The van der Waals surface area contributed by atoms with Crippen LogP contribution >= 0.6 is 23.1 Å². The Morgan fingerprint density at radius 3 is 2.31 bits per heavy atom. The topological polar surface area (TPSA) is 89.5 Å². The molecule has 4 aromatic rings. The van der Waals surface area contributed by atoms with Crippen LogP contribution < -0.4 is 20.1 Å². The summed E-state index contributed by atoms with van der Waals surface area (Å²) in [6.45, 7) is 1.99. The second kappa shape index (κ2) is 11.7. The Morgan fingerprint density at radius 1 is 0.917 bits per heavy atom. The first-order valence-corrected chi connectivity index (χ1v) is 12.9. The molecule has 1 heterocycles. The van der Waals surface area contributed by atoms with Gasteiger partial charge in [0.05, 0.1) is 25.7 Å². The number of carbonyl (C=O) groups is 2. The molecule has 0 spiro atoms. The average molecular weight is 520 g/mol. The van der Waals surface area contributed by atoms with Crippen LogP contribution in [0.15, 0.2) is 77.7 Å². The summed E-state index contributed by atoms with van der Waals surface area (Å²) < 4.78 is 10.6. The van der Waals surface area contributed by atoms with E-state index in [9.17, 15) is 9.59 Å². The highest BCUT2D eigenvalue weighted by molar-refractivity contribution is 8.00. The first-order chi connectivity index (χ1) is 17.5. The highest BCUT2D eigenvalue weighted by Crippen LogP contribution is 2.31. The summed E-state index contributed by atoms with van der Waals surface area (Å²) in [4.78, 5) is 32.0. The standard InChI is InChI=1S/C27H25N3O4S2/c1-17-25(18-9-5-4-6-10-18)30-27(36-17)29-23(31)16-35-20-12-7-11-19(15-20)28-26(32)24-21(33-2)13-8-14-22(24)34-3/h4-15H,16H2,1-3H3,(H,28,32)(H,29,30,31). The maximum Gasteiger partial charge on any atom is 0.263 e. The van der Waals surface area contributed by atoms with Gasteiger partial charge in [-0.05, 0) is 37.3 Å². The molecule has 0 unspecified atom stereocenters. The number of anilines is 2. The van der Waals surface area contributed by atoms with Gasteiger partial charge in [0.15, 0.2) is 5.13 Å². The second-order valence-corrected chi connectivity index (χ2v) is 9.90. The molecule has 0 fully saturated rings. The summed E-state index contributed by atoms with van der Waals surface area (Å²) in [5, 5.41) is 6.34. The van der Waals surface area contributed by atoms with Crippen molar-refractivity contribution in [3.05, 3.63) is 83.2 Å². The van der Waals surface area contributed by atoms with Gasteiger partial charge in [-0.2, -0.15) is 0 Å². The number of nitrogens with one attached hydrogen (secondary N) is 2. The van der Waals surface area contributed by atoms with Crippen molar-refractivity contribution in [3.63, 3.8) is 0 Å². The van der Waals surface area contributed by atoms with Crippen LogP contribution in [0, 0.1) is 6.92 Å². The highest BCUT2D eigenvalue weighted by Gasteiger charge is 2.18. The molecule has 0 radical (unpaired) electrons. The summed E-state index contributed by atoms with van der Waals surface area (Å²) in [6, 6.07) is 22.4. The average Bonchev–Trinajstić information content (AvgIpc) is 3.27. The molecule has 1 aromatic heterocycles. The first-order valence-electron chi connectivity index (χ1n) is 11.1. The lowest BCUT2D eigenvalue weighted by Gasteiger charge is -2.13. The number of nitrogens with zero attached hydrogens (tertiary/aromatic N) is 1. The predicted molar refractivity (Wildman–Crippen MR) is 146 cm³/mol.